The number of halogens is 3. The molecule has 0 aliphatic heterocycles. The Labute approximate surface area is 131 Å². The monoisotopic (exact) mass is 355 g/mol. The summed E-state index contributed by atoms with van der Waals surface area (Å²) in [5.41, 5.74) is 1.37. The first-order valence-electron chi connectivity index (χ1n) is 6.48. The Balaban J connectivity index is 2.23. The van der Waals surface area contributed by atoms with Crippen LogP contribution in [0.25, 0.3) is 0 Å². The van der Waals surface area contributed by atoms with Gasteiger partial charge in [0.15, 0.2) is 0 Å². The molecule has 2 aromatic rings. The highest BCUT2D eigenvalue weighted by Gasteiger charge is 2.12. The zero-order valence-electron chi connectivity index (χ0n) is 12.0. The number of benzene rings is 2. The van der Waals surface area contributed by atoms with Gasteiger partial charge in [-0.1, -0.05) is 6.07 Å². The molecule has 0 spiro atoms. The van der Waals surface area contributed by atoms with Crippen molar-refractivity contribution in [3.8, 4) is 5.75 Å². The molecule has 0 saturated carbocycles. The van der Waals surface area contributed by atoms with E-state index >= 15 is 0 Å². The minimum Gasteiger partial charge on any atom is -0.496 e. The molecule has 1 atom stereocenters. The minimum absolute atomic E-state index is 0.151. The molecule has 0 fully saturated rings. The Hall–Kier alpha value is -1.62. The molecular formula is C16H16BrF2NO. The summed E-state index contributed by atoms with van der Waals surface area (Å²) in [4.78, 5) is 0. The maximum Gasteiger partial charge on any atom is 0.146 e. The summed E-state index contributed by atoms with van der Waals surface area (Å²) in [5.74, 6) is -0.172. The molecule has 2 rings (SSSR count). The van der Waals surface area contributed by atoms with Crippen LogP contribution in [0.1, 0.15) is 24.1 Å². The van der Waals surface area contributed by atoms with E-state index in [1.807, 2.05) is 25.1 Å². The molecule has 0 heterocycles. The lowest BCUT2D eigenvalue weighted by atomic mass is 10.1. The van der Waals surface area contributed by atoms with Crippen molar-refractivity contribution in [1.29, 1.82) is 0 Å². The van der Waals surface area contributed by atoms with Crippen LogP contribution < -0.4 is 10.1 Å². The van der Waals surface area contributed by atoms with Gasteiger partial charge >= 0.3 is 0 Å². The zero-order valence-corrected chi connectivity index (χ0v) is 13.6. The molecule has 2 aromatic carbocycles. The highest BCUT2D eigenvalue weighted by Crippen LogP contribution is 2.30. The molecule has 0 aromatic heterocycles. The number of anilines is 1. The number of hydrogen-bond donors (Lipinski definition) is 1. The van der Waals surface area contributed by atoms with Crippen molar-refractivity contribution in [3.05, 3.63) is 57.6 Å². The first kappa shape index (κ1) is 15.8. The van der Waals surface area contributed by atoms with Gasteiger partial charge in [-0.15, -0.1) is 0 Å². The Bertz CT molecular complexity index is 661. The van der Waals surface area contributed by atoms with E-state index in [1.165, 1.54) is 19.1 Å². The highest BCUT2D eigenvalue weighted by atomic mass is 79.9. The summed E-state index contributed by atoms with van der Waals surface area (Å²) in [5, 5.41) is 2.98. The number of nitrogens with one attached hydrogen (secondary N) is 1. The predicted molar refractivity (Wildman–Crippen MR) is 83.8 cm³/mol. The van der Waals surface area contributed by atoms with E-state index in [-0.39, 0.29) is 17.3 Å². The van der Waals surface area contributed by atoms with E-state index in [4.69, 9.17) is 4.74 Å². The first-order valence-corrected chi connectivity index (χ1v) is 7.27. The summed E-state index contributed by atoms with van der Waals surface area (Å²) < 4.78 is 33.4. The lowest BCUT2D eigenvalue weighted by Crippen LogP contribution is -2.09. The largest absolute Gasteiger partial charge is 0.496 e. The SMILES string of the molecule is COc1ccc(C(C)Nc2cc(F)c(C)cc2F)cc1Br. The van der Waals surface area contributed by atoms with Crippen molar-refractivity contribution in [2.75, 3.05) is 12.4 Å². The molecule has 0 aliphatic carbocycles. The van der Waals surface area contributed by atoms with Crippen molar-refractivity contribution in [1.82, 2.24) is 0 Å². The van der Waals surface area contributed by atoms with Crippen LogP contribution in [-0.2, 0) is 0 Å². The number of methoxy groups -OCH3 is 1. The summed E-state index contributed by atoms with van der Waals surface area (Å²) in [6.45, 7) is 3.41. The quantitative estimate of drug-likeness (QED) is 0.811. The maximum atomic E-state index is 13.8. The van der Waals surface area contributed by atoms with Gasteiger partial charge in [-0.05, 0) is 59.1 Å². The fraction of sp³-hybridized carbons (Fsp3) is 0.250. The third-order valence-corrected chi connectivity index (χ3v) is 3.92. The molecule has 112 valence electrons. The second kappa shape index (κ2) is 6.43. The Kier molecular flexibility index (Phi) is 4.83. The second-order valence-corrected chi connectivity index (χ2v) is 5.70. The van der Waals surface area contributed by atoms with Crippen LogP contribution in [0.4, 0.5) is 14.5 Å². The van der Waals surface area contributed by atoms with E-state index in [0.29, 0.717) is 0 Å². The Morgan fingerprint density at radius 2 is 1.86 bits per heavy atom. The van der Waals surface area contributed by atoms with Gasteiger partial charge in [-0.3, -0.25) is 0 Å². The molecule has 2 nitrogen and oxygen atoms in total. The molecule has 5 heteroatoms. The molecule has 21 heavy (non-hydrogen) atoms. The van der Waals surface area contributed by atoms with Crippen LogP contribution in [-0.4, -0.2) is 7.11 Å². The van der Waals surface area contributed by atoms with E-state index in [2.05, 4.69) is 21.2 Å². The Morgan fingerprint density at radius 3 is 2.48 bits per heavy atom. The van der Waals surface area contributed by atoms with Gasteiger partial charge in [-0.2, -0.15) is 0 Å². The van der Waals surface area contributed by atoms with Crippen molar-refractivity contribution in [2.45, 2.75) is 19.9 Å². The first-order chi connectivity index (χ1) is 9.92. The minimum atomic E-state index is -0.465. The lowest BCUT2D eigenvalue weighted by molar-refractivity contribution is 0.412. The third-order valence-electron chi connectivity index (χ3n) is 3.30. The van der Waals surface area contributed by atoms with E-state index in [9.17, 15) is 8.78 Å². The average Bonchev–Trinajstić information content (AvgIpc) is 2.44. The predicted octanol–water partition coefficient (Wildman–Crippen LogP) is 5.22. The number of hydrogen-bond acceptors (Lipinski definition) is 2. The molecule has 1 unspecified atom stereocenters. The van der Waals surface area contributed by atoms with Crippen molar-refractivity contribution < 1.29 is 13.5 Å². The molecular weight excluding hydrogens is 340 g/mol. The van der Waals surface area contributed by atoms with Gasteiger partial charge in [0.2, 0.25) is 0 Å². The third kappa shape index (κ3) is 3.53. The summed E-state index contributed by atoms with van der Waals surface area (Å²) in [6, 6.07) is 7.78. The zero-order chi connectivity index (χ0) is 15.6. The molecule has 0 amide bonds. The second-order valence-electron chi connectivity index (χ2n) is 4.84. The highest BCUT2D eigenvalue weighted by molar-refractivity contribution is 9.10. The lowest BCUT2D eigenvalue weighted by Gasteiger charge is -2.18. The van der Waals surface area contributed by atoms with Crippen LogP contribution in [0.3, 0.4) is 0 Å². The van der Waals surface area contributed by atoms with Crippen LogP contribution in [0, 0.1) is 18.6 Å². The number of aryl methyl sites for hydroxylation is 1. The molecule has 0 bridgehead atoms. The molecule has 0 aliphatic rings. The van der Waals surface area contributed by atoms with Gasteiger partial charge in [0.25, 0.3) is 0 Å². The molecule has 0 saturated heterocycles. The van der Waals surface area contributed by atoms with Crippen LogP contribution in [0.2, 0.25) is 0 Å². The summed E-state index contributed by atoms with van der Waals surface area (Å²) in [6.07, 6.45) is 0. The van der Waals surface area contributed by atoms with Gasteiger partial charge < -0.3 is 10.1 Å². The van der Waals surface area contributed by atoms with E-state index < -0.39 is 11.6 Å². The van der Waals surface area contributed by atoms with Crippen molar-refractivity contribution >= 4 is 21.6 Å². The number of rotatable bonds is 4. The van der Waals surface area contributed by atoms with Crippen LogP contribution >= 0.6 is 15.9 Å². The average molecular weight is 356 g/mol. The van der Waals surface area contributed by atoms with Gasteiger partial charge in [0, 0.05) is 12.1 Å². The van der Waals surface area contributed by atoms with E-state index in [0.717, 1.165) is 15.8 Å². The summed E-state index contributed by atoms with van der Waals surface area (Å²) >= 11 is 3.41. The number of ether oxygens (including phenoxy) is 1. The fourth-order valence-electron chi connectivity index (χ4n) is 2.03. The van der Waals surface area contributed by atoms with Crippen LogP contribution in [0.15, 0.2) is 34.8 Å². The normalized spacial score (nSPS) is 12.1. The van der Waals surface area contributed by atoms with Gasteiger partial charge in [-0.25, -0.2) is 8.78 Å². The van der Waals surface area contributed by atoms with E-state index in [1.54, 1.807) is 7.11 Å². The van der Waals surface area contributed by atoms with Crippen LogP contribution in [0.5, 0.6) is 5.75 Å². The van der Waals surface area contributed by atoms with Gasteiger partial charge in [0.1, 0.15) is 17.4 Å². The smallest absolute Gasteiger partial charge is 0.146 e. The summed E-state index contributed by atoms with van der Waals surface area (Å²) in [7, 11) is 1.59. The maximum absolute atomic E-state index is 13.8. The van der Waals surface area contributed by atoms with Gasteiger partial charge in [0.05, 0.1) is 17.3 Å². The topological polar surface area (TPSA) is 21.3 Å². The molecule has 1 N–H and O–H groups in total. The van der Waals surface area contributed by atoms with Crippen molar-refractivity contribution in [2.24, 2.45) is 0 Å². The molecule has 0 radical (unpaired) electrons. The fourth-order valence-corrected chi connectivity index (χ4v) is 2.58. The standard InChI is InChI=1S/C16H16BrF2NO/c1-9-6-14(19)15(8-13(9)18)20-10(2)11-4-5-16(21-3)12(17)7-11/h4-8,10,20H,1-3H3. The van der Waals surface area contributed by atoms with Crippen molar-refractivity contribution in [3.63, 3.8) is 0 Å². The Morgan fingerprint density at radius 1 is 1.14 bits per heavy atom.